The highest BCUT2D eigenvalue weighted by Crippen LogP contribution is 2.25. The number of carboxylic acids is 1. The Morgan fingerprint density at radius 3 is 2.58 bits per heavy atom. The number of phenolic OH excluding ortho intramolecular Hbond substituents is 1. The second-order valence-electron chi connectivity index (χ2n) is 4.66. The molecule has 1 saturated carbocycles. The first-order chi connectivity index (χ1) is 8.99. The quantitative estimate of drug-likeness (QED) is 0.729. The number of urea groups is 1. The van der Waals surface area contributed by atoms with Crippen molar-refractivity contribution in [2.45, 2.75) is 25.3 Å². The predicted molar refractivity (Wildman–Crippen MR) is 69.5 cm³/mol. The molecule has 0 aliphatic heterocycles. The third-order valence-electron chi connectivity index (χ3n) is 3.42. The Kier molecular flexibility index (Phi) is 3.59. The molecule has 0 bridgehead atoms. The molecule has 0 aromatic heterocycles. The van der Waals surface area contributed by atoms with E-state index >= 15 is 0 Å². The molecule has 0 unspecified atom stereocenters. The number of hydrogen-bond donors (Lipinski definition) is 3. The van der Waals surface area contributed by atoms with Crippen LogP contribution in [0.1, 0.15) is 29.6 Å². The number of carboxylic acid groups (broad SMARTS) is 1. The van der Waals surface area contributed by atoms with Gasteiger partial charge < -0.3 is 20.4 Å². The van der Waals surface area contributed by atoms with Crippen LogP contribution in [0.2, 0.25) is 0 Å². The molecule has 1 aromatic rings. The lowest BCUT2D eigenvalue weighted by molar-refractivity contribution is 0.0697. The van der Waals surface area contributed by atoms with Gasteiger partial charge in [-0.05, 0) is 37.5 Å². The zero-order valence-corrected chi connectivity index (χ0v) is 10.6. The van der Waals surface area contributed by atoms with Crippen LogP contribution in [0.5, 0.6) is 5.75 Å². The van der Waals surface area contributed by atoms with E-state index < -0.39 is 5.97 Å². The second-order valence-corrected chi connectivity index (χ2v) is 4.66. The summed E-state index contributed by atoms with van der Waals surface area (Å²) in [4.78, 5) is 24.6. The highest BCUT2D eigenvalue weighted by atomic mass is 16.4. The first-order valence-corrected chi connectivity index (χ1v) is 6.09. The molecule has 0 atom stereocenters. The first kappa shape index (κ1) is 13.2. The van der Waals surface area contributed by atoms with Crippen LogP contribution >= 0.6 is 0 Å². The van der Waals surface area contributed by atoms with E-state index in [1.165, 1.54) is 12.1 Å². The molecule has 0 heterocycles. The smallest absolute Gasteiger partial charge is 0.337 e. The maximum absolute atomic E-state index is 12.0. The van der Waals surface area contributed by atoms with Gasteiger partial charge in [0, 0.05) is 13.1 Å². The summed E-state index contributed by atoms with van der Waals surface area (Å²) in [6.45, 7) is 0. The van der Waals surface area contributed by atoms with Gasteiger partial charge in [0.05, 0.1) is 11.3 Å². The lowest BCUT2D eigenvalue weighted by Crippen LogP contribution is -2.43. The van der Waals surface area contributed by atoms with E-state index in [4.69, 9.17) is 5.11 Å². The molecule has 1 fully saturated rings. The molecule has 2 rings (SSSR count). The van der Waals surface area contributed by atoms with Crippen molar-refractivity contribution in [3.63, 3.8) is 0 Å². The van der Waals surface area contributed by atoms with E-state index in [0.29, 0.717) is 0 Å². The number of aromatic hydroxyl groups is 1. The molecular formula is C13H16N2O4. The lowest BCUT2D eigenvalue weighted by atomic mass is 9.92. The van der Waals surface area contributed by atoms with Gasteiger partial charge in [-0.15, -0.1) is 0 Å². The van der Waals surface area contributed by atoms with Crippen LogP contribution in [0.4, 0.5) is 10.5 Å². The van der Waals surface area contributed by atoms with Gasteiger partial charge in [-0.1, -0.05) is 0 Å². The van der Waals surface area contributed by atoms with Gasteiger partial charge in [0.1, 0.15) is 5.75 Å². The molecule has 19 heavy (non-hydrogen) atoms. The van der Waals surface area contributed by atoms with Crippen LogP contribution in [0.3, 0.4) is 0 Å². The zero-order valence-electron chi connectivity index (χ0n) is 10.6. The average molecular weight is 264 g/mol. The molecule has 6 nitrogen and oxygen atoms in total. The van der Waals surface area contributed by atoms with Gasteiger partial charge in [-0.25, -0.2) is 9.59 Å². The van der Waals surface area contributed by atoms with Gasteiger partial charge in [0.15, 0.2) is 0 Å². The number of anilines is 1. The topological polar surface area (TPSA) is 89.9 Å². The second kappa shape index (κ2) is 5.17. The Morgan fingerprint density at radius 2 is 2.05 bits per heavy atom. The fourth-order valence-corrected chi connectivity index (χ4v) is 1.96. The fraction of sp³-hybridized carbons (Fsp3) is 0.385. The molecule has 2 amide bonds. The average Bonchev–Trinajstić information content (AvgIpc) is 2.28. The van der Waals surface area contributed by atoms with E-state index in [1.54, 1.807) is 11.9 Å². The molecule has 0 spiro atoms. The third kappa shape index (κ3) is 2.78. The number of hydrogen-bond acceptors (Lipinski definition) is 3. The molecular weight excluding hydrogens is 248 g/mol. The van der Waals surface area contributed by atoms with Crippen LogP contribution in [-0.2, 0) is 0 Å². The molecule has 1 aliphatic rings. The Hall–Kier alpha value is -2.24. The van der Waals surface area contributed by atoms with Crippen LogP contribution < -0.4 is 5.32 Å². The van der Waals surface area contributed by atoms with Crippen molar-refractivity contribution < 1.29 is 19.8 Å². The number of nitrogens with one attached hydrogen (secondary N) is 1. The first-order valence-electron chi connectivity index (χ1n) is 6.09. The normalized spacial score (nSPS) is 14.6. The number of amides is 2. The maximum atomic E-state index is 12.0. The highest BCUT2D eigenvalue weighted by molar-refractivity contribution is 6.00. The minimum Gasteiger partial charge on any atom is -0.508 e. The van der Waals surface area contributed by atoms with E-state index in [1.807, 2.05) is 0 Å². The zero-order chi connectivity index (χ0) is 14.0. The van der Waals surface area contributed by atoms with Crippen molar-refractivity contribution in [2.75, 3.05) is 12.4 Å². The number of benzene rings is 1. The maximum Gasteiger partial charge on any atom is 0.337 e. The fourth-order valence-electron chi connectivity index (χ4n) is 1.96. The number of aromatic carboxylic acids is 1. The Morgan fingerprint density at radius 1 is 1.37 bits per heavy atom. The molecule has 3 N–H and O–H groups in total. The van der Waals surface area contributed by atoms with Crippen molar-refractivity contribution in [1.29, 1.82) is 0 Å². The van der Waals surface area contributed by atoms with E-state index in [-0.39, 0.29) is 29.1 Å². The Labute approximate surface area is 110 Å². The molecule has 102 valence electrons. The minimum absolute atomic E-state index is 0.129. The van der Waals surface area contributed by atoms with Gasteiger partial charge in [0.25, 0.3) is 0 Å². The molecule has 0 saturated heterocycles. The Balaban J connectivity index is 2.13. The summed E-state index contributed by atoms with van der Waals surface area (Å²) in [5.41, 5.74) is 0.0526. The molecule has 1 aliphatic carbocycles. The predicted octanol–water partition coefficient (Wildman–Crippen LogP) is 2.11. The summed E-state index contributed by atoms with van der Waals surface area (Å²) in [6.07, 6.45) is 3.07. The summed E-state index contributed by atoms with van der Waals surface area (Å²) in [6, 6.07) is 3.72. The van der Waals surface area contributed by atoms with E-state index in [0.717, 1.165) is 25.3 Å². The number of phenols is 1. The van der Waals surface area contributed by atoms with Crippen LogP contribution in [0, 0.1) is 0 Å². The molecule has 6 heteroatoms. The van der Waals surface area contributed by atoms with Crippen LogP contribution in [0.25, 0.3) is 0 Å². The number of carbonyl (C=O) groups excluding carboxylic acids is 1. The summed E-state index contributed by atoms with van der Waals surface area (Å²) in [5, 5.41) is 20.9. The van der Waals surface area contributed by atoms with Gasteiger partial charge >= 0.3 is 12.0 Å². The number of nitrogens with zero attached hydrogens (tertiary/aromatic N) is 1. The van der Waals surface area contributed by atoms with Gasteiger partial charge in [0.2, 0.25) is 0 Å². The SMILES string of the molecule is CN(C(=O)Nc1ccc(O)cc1C(=O)O)C1CCC1. The van der Waals surface area contributed by atoms with Crippen molar-refractivity contribution in [2.24, 2.45) is 0 Å². The standard InChI is InChI=1S/C13H16N2O4/c1-15(8-3-2-4-8)13(19)14-11-6-5-9(16)7-10(11)12(17)18/h5-8,16H,2-4H2,1H3,(H,14,19)(H,17,18). The number of rotatable bonds is 3. The summed E-state index contributed by atoms with van der Waals surface area (Å²) >= 11 is 0. The Bertz CT molecular complexity index is 511. The van der Waals surface area contributed by atoms with Crippen LogP contribution in [0.15, 0.2) is 18.2 Å². The largest absolute Gasteiger partial charge is 0.508 e. The highest BCUT2D eigenvalue weighted by Gasteiger charge is 2.26. The van der Waals surface area contributed by atoms with Crippen molar-refractivity contribution in [3.05, 3.63) is 23.8 Å². The van der Waals surface area contributed by atoms with E-state index in [2.05, 4.69) is 5.32 Å². The van der Waals surface area contributed by atoms with Crippen molar-refractivity contribution in [1.82, 2.24) is 4.90 Å². The van der Waals surface area contributed by atoms with Gasteiger partial charge in [-0.2, -0.15) is 0 Å². The van der Waals surface area contributed by atoms with E-state index in [9.17, 15) is 14.7 Å². The van der Waals surface area contributed by atoms with Gasteiger partial charge in [-0.3, -0.25) is 0 Å². The summed E-state index contributed by atoms with van der Waals surface area (Å²) in [5.74, 6) is -1.35. The minimum atomic E-state index is -1.20. The number of carbonyl (C=O) groups is 2. The summed E-state index contributed by atoms with van der Waals surface area (Å²) < 4.78 is 0. The summed E-state index contributed by atoms with van der Waals surface area (Å²) in [7, 11) is 1.69. The van der Waals surface area contributed by atoms with Crippen molar-refractivity contribution in [3.8, 4) is 5.75 Å². The molecule has 0 radical (unpaired) electrons. The molecule has 1 aromatic carbocycles. The monoisotopic (exact) mass is 264 g/mol. The lowest BCUT2D eigenvalue weighted by Gasteiger charge is -2.34. The van der Waals surface area contributed by atoms with Crippen molar-refractivity contribution >= 4 is 17.7 Å². The third-order valence-corrected chi connectivity index (χ3v) is 3.42. The van der Waals surface area contributed by atoms with Crippen LogP contribution in [-0.4, -0.2) is 40.2 Å².